The molecule has 0 radical (unpaired) electrons. The predicted octanol–water partition coefficient (Wildman–Crippen LogP) is 3.30. The minimum Gasteiger partial charge on any atom is -0.396 e. The summed E-state index contributed by atoms with van der Waals surface area (Å²) in [7, 11) is -8.01. The highest BCUT2D eigenvalue weighted by Crippen LogP contribution is 2.29. The fraction of sp³-hybridized carbons (Fsp3) is 0.167. The molecular weight excluding hydrogens is 559 g/mol. The molecule has 0 fully saturated rings. The van der Waals surface area contributed by atoms with Crippen LogP contribution in [0.5, 0.6) is 0 Å². The van der Waals surface area contributed by atoms with E-state index in [1.54, 1.807) is 12.1 Å². The summed E-state index contributed by atoms with van der Waals surface area (Å²) >= 11 is 17.5. The number of pyridine rings is 2. The van der Waals surface area contributed by atoms with Crippen LogP contribution in [0, 0.1) is 0 Å². The molecule has 14 heteroatoms. The van der Waals surface area contributed by atoms with Crippen LogP contribution < -0.4 is 9.44 Å². The molecule has 0 spiro atoms. The molecule has 0 bridgehead atoms. The standard InChI is InChI=1S/C7H8BrClN2O4S2.C5H4BrClN2/c1-16(12,13)11(17(2,14)15)5-3-4-6(8)10-7(5)9;6-4-2-1-3(8)5(7)9-4/h3-4H,1-2H3;1-2H,8H2. The second-order valence-electron chi connectivity index (χ2n) is 4.68. The molecule has 2 aromatic rings. The third kappa shape index (κ3) is 6.82. The van der Waals surface area contributed by atoms with Gasteiger partial charge < -0.3 is 5.73 Å². The number of nitrogens with zero attached hydrogens (tertiary/aromatic N) is 3. The van der Waals surface area contributed by atoms with Crippen LogP contribution in [0.4, 0.5) is 11.4 Å². The molecular formula is C12H12Br2Cl2N4O4S2. The Bertz CT molecular complexity index is 988. The van der Waals surface area contributed by atoms with Crippen molar-refractivity contribution in [2.75, 3.05) is 22.0 Å². The van der Waals surface area contributed by atoms with E-state index in [4.69, 9.17) is 28.9 Å². The van der Waals surface area contributed by atoms with Gasteiger partial charge in [0.2, 0.25) is 20.0 Å². The molecule has 0 atom stereocenters. The van der Waals surface area contributed by atoms with Crippen molar-refractivity contribution in [3.8, 4) is 0 Å². The highest BCUT2D eigenvalue weighted by atomic mass is 79.9. The van der Waals surface area contributed by atoms with Crippen LogP contribution in [0.2, 0.25) is 10.3 Å². The number of nitrogen functional groups attached to an aromatic ring is 1. The van der Waals surface area contributed by atoms with Crippen molar-refractivity contribution >= 4 is 86.5 Å². The Morgan fingerprint density at radius 1 is 0.885 bits per heavy atom. The van der Waals surface area contributed by atoms with Gasteiger partial charge in [-0.15, -0.1) is 0 Å². The summed E-state index contributed by atoms with van der Waals surface area (Å²) in [6, 6.07) is 6.08. The smallest absolute Gasteiger partial charge is 0.245 e. The predicted molar refractivity (Wildman–Crippen MR) is 110 cm³/mol. The van der Waals surface area contributed by atoms with Gasteiger partial charge in [0.05, 0.1) is 18.2 Å². The lowest BCUT2D eigenvalue weighted by atomic mass is 10.4. The van der Waals surface area contributed by atoms with E-state index >= 15 is 0 Å². The number of hydrogen-bond donors (Lipinski definition) is 1. The van der Waals surface area contributed by atoms with Crippen molar-refractivity contribution in [3.05, 3.63) is 43.8 Å². The van der Waals surface area contributed by atoms with Gasteiger partial charge in [0.1, 0.15) is 14.9 Å². The maximum atomic E-state index is 11.5. The number of anilines is 2. The van der Waals surface area contributed by atoms with E-state index < -0.39 is 20.0 Å². The van der Waals surface area contributed by atoms with Gasteiger partial charge in [0.15, 0.2) is 10.3 Å². The van der Waals surface area contributed by atoms with E-state index in [1.165, 1.54) is 12.1 Å². The number of sulfonamides is 2. The van der Waals surface area contributed by atoms with E-state index in [9.17, 15) is 16.8 Å². The molecule has 2 rings (SSSR count). The van der Waals surface area contributed by atoms with E-state index in [1.807, 2.05) is 0 Å². The largest absolute Gasteiger partial charge is 0.396 e. The van der Waals surface area contributed by atoms with Crippen molar-refractivity contribution in [2.24, 2.45) is 0 Å². The summed E-state index contributed by atoms with van der Waals surface area (Å²) < 4.78 is 47.2. The average Bonchev–Trinajstić information content (AvgIpc) is 2.44. The third-order valence-corrected chi connectivity index (χ3v) is 7.12. The second kappa shape index (κ2) is 9.02. The molecule has 0 unspecified atom stereocenters. The summed E-state index contributed by atoms with van der Waals surface area (Å²) in [5.41, 5.74) is 5.66. The maximum Gasteiger partial charge on any atom is 0.245 e. The summed E-state index contributed by atoms with van der Waals surface area (Å²) in [6.07, 6.45) is 1.54. The zero-order valence-corrected chi connectivity index (χ0v) is 19.5. The molecule has 0 amide bonds. The Morgan fingerprint density at radius 3 is 1.65 bits per heavy atom. The number of hydrogen-bond acceptors (Lipinski definition) is 7. The zero-order valence-electron chi connectivity index (χ0n) is 13.2. The summed E-state index contributed by atoms with van der Waals surface area (Å²) in [4.78, 5) is 7.56. The van der Waals surface area contributed by atoms with E-state index in [0.717, 1.165) is 12.5 Å². The van der Waals surface area contributed by atoms with Crippen LogP contribution in [-0.4, -0.2) is 39.3 Å². The summed E-state index contributed by atoms with van der Waals surface area (Å²) in [6.45, 7) is 0. The van der Waals surface area contributed by atoms with E-state index in [0.29, 0.717) is 20.0 Å². The average molecular weight is 571 g/mol. The Hall–Kier alpha value is -0.660. The fourth-order valence-corrected chi connectivity index (χ4v) is 5.86. The van der Waals surface area contributed by atoms with Gasteiger partial charge in [-0.05, 0) is 56.1 Å². The maximum absolute atomic E-state index is 11.5. The molecule has 0 aliphatic heterocycles. The zero-order chi connectivity index (χ0) is 20.3. The normalized spacial score (nSPS) is 11.5. The molecule has 0 saturated carbocycles. The highest BCUT2D eigenvalue weighted by molar-refractivity contribution is 9.10. The molecule has 144 valence electrons. The van der Waals surface area contributed by atoms with Gasteiger partial charge in [-0.1, -0.05) is 23.2 Å². The van der Waals surface area contributed by atoms with E-state index in [-0.39, 0.29) is 14.6 Å². The summed E-state index contributed by atoms with van der Waals surface area (Å²) in [5.74, 6) is 0. The number of rotatable bonds is 3. The molecule has 0 aliphatic rings. The topological polar surface area (TPSA) is 123 Å². The second-order valence-corrected chi connectivity index (χ2v) is 10.9. The Balaban J connectivity index is 0.000000314. The first-order valence-corrected chi connectivity index (χ1v) is 12.4. The molecule has 26 heavy (non-hydrogen) atoms. The molecule has 2 heterocycles. The number of nitrogens with two attached hydrogens (primary N) is 1. The SMILES string of the molecule is CS(=O)(=O)N(c1ccc(Br)nc1Cl)S(C)(=O)=O.Nc1ccc(Br)nc1Cl. The first-order valence-electron chi connectivity index (χ1n) is 6.33. The minimum atomic E-state index is -4.01. The lowest BCUT2D eigenvalue weighted by molar-refractivity contribution is 0.590. The fourth-order valence-electron chi connectivity index (χ4n) is 1.57. The van der Waals surface area contributed by atoms with Crippen molar-refractivity contribution < 1.29 is 16.8 Å². The van der Waals surface area contributed by atoms with E-state index in [2.05, 4.69) is 41.8 Å². The van der Waals surface area contributed by atoms with Gasteiger partial charge in [0, 0.05) is 0 Å². The van der Waals surface area contributed by atoms with Gasteiger partial charge in [-0.2, -0.15) is 3.71 Å². The van der Waals surface area contributed by atoms with Crippen molar-refractivity contribution in [1.82, 2.24) is 9.97 Å². The molecule has 2 N–H and O–H groups in total. The van der Waals surface area contributed by atoms with Crippen molar-refractivity contribution in [2.45, 2.75) is 0 Å². The Kier molecular flexibility index (Phi) is 8.11. The monoisotopic (exact) mass is 568 g/mol. The van der Waals surface area contributed by atoms with Crippen molar-refractivity contribution in [3.63, 3.8) is 0 Å². The van der Waals surface area contributed by atoms with Crippen LogP contribution in [-0.2, 0) is 20.0 Å². The quantitative estimate of drug-likeness (QED) is 0.562. The lowest BCUT2D eigenvalue weighted by Gasteiger charge is -2.20. The number of halogens is 4. The molecule has 8 nitrogen and oxygen atoms in total. The first-order chi connectivity index (χ1) is 11.7. The third-order valence-electron chi connectivity index (χ3n) is 2.44. The van der Waals surface area contributed by atoms with Crippen molar-refractivity contribution in [1.29, 1.82) is 0 Å². The number of aromatic nitrogens is 2. The van der Waals surface area contributed by atoms with Crippen LogP contribution >= 0.6 is 55.1 Å². The highest BCUT2D eigenvalue weighted by Gasteiger charge is 2.29. The first kappa shape index (κ1) is 23.4. The molecule has 0 aromatic carbocycles. The molecule has 2 aromatic heterocycles. The van der Waals surface area contributed by atoms with Gasteiger partial charge in [-0.3, -0.25) is 0 Å². The summed E-state index contributed by atoms with van der Waals surface area (Å²) in [5, 5.41) is 0.111. The molecule has 0 saturated heterocycles. The van der Waals surface area contributed by atoms with Crippen LogP contribution in [0.3, 0.4) is 0 Å². The van der Waals surface area contributed by atoms with Gasteiger partial charge >= 0.3 is 0 Å². The lowest BCUT2D eigenvalue weighted by Crippen LogP contribution is -2.35. The van der Waals surface area contributed by atoms with Gasteiger partial charge in [-0.25, -0.2) is 26.8 Å². The van der Waals surface area contributed by atoms with Crippen LogP contribution in [0.15, 0.2) is 33.5 Å². The minimum absolute atomic E-state index is 0.208. The Labute approximate surface area is 178 Å². The Morgan fingerprint density at radius 2 is 1.31 bits per heavy atom. The van der Waals surface area contributed by atoms with Crippen LogP contribution in [0.25, 0.3) is 0 Å². The van der Waals surface area contributed by atoms with Gasteiger partial charge in [0.25, 0.3) is 0 Å². The van der Waals surface area contributed by atoms with Crippen LogP contribution in [0.1, 0.15) is 0 Å². The molecule has 0 aliphatic carbocycles.